The first kappa shape index (κ1) is 20.6. The number of nitrogens with one attached hydrogen (secondary N) is 1. The lowest BCUT2D eigenvalue weighted by atomic mass is 10.1. The van der Waals surface area contributed by atoms with Gasteiger partial charge in [0.05, 0.1) is 5.69 Å². The first-order chi connectivity index (χ1) is 11.9. The molecule has 0 saturated heterocycles. The van der Waals surface area contributed by atoms with Gasteiger partial charge in [0.2, 0.25) is 0 Å². The van der Waals surface area contributed by atoms with Crippen LogP contribution in [0.4, 0.5) is 5.69 Å². The molecule has 1 N–H and O–H groups in total. The monoisotopic (exact) mass is 337 g/mol. The highest BCUT2D eigenvalue weighted by Crippen LogP contribution is 2.21. The highest BCUT2D eigenvalue weighted by molar-refractivity contribution is 5.85. The summed E-state index contributed by atoms with van der Waals surface area (Å²) in [4.78, 5) is 8.58. The summed E-state index contributed by atoms with van der Waals surface area (Å²) in [6.45, 7) is 15.9. The number of benzene rings is 1. The molecule has 0 saturated carbocycles. The van der Waals surface area contributed by atoms with Crippen LogP contribution in [0.5, 0.6) is 0 Å². The SMILES string of the molecule is C=N\C=C(C)/C=C(C)/C(=C\C)N/C(C)=N/c1cc(CCC)ccc1C. The molecule has 1 aromatic carbocycles. The summed E-state index contributed by atoms with van der Waals surface area (Å²) in [6, 6.07) is 6.52. The van der Waals surface area contributed by atoms with E-state index in [1.807, 2.05) is 20.8 Å². The smallest absolute Gasteiger partial charge is 0.103 e. The second-order valence-electron chi connectivity index (χ2n) is 6.28. The van der Waals surface area contributed by atoms with E-state index in [9.17, 15) is 0 Å². The summed E-state index contributed by atoms with van der Waals surface area (Å²) in [7, 11) is 0. The quantitative estimate of drug-likeness (QED) is 0.367. The minimum atomic E-state index is 0.876. The van der Waals surface area contributed by atoms with Gasteiger partial charge >= 0.3 is 0 Å². The molecule has 0 amide bonds. The zero-order valence-corrected chi connectivity index (χ0v) is 16.5. The Balaban J connectivity index is 3.01. The van der Waals surface area contributed by atoms with Crippen molar-refractivity contribution in [2.24, 2.45) is 9.98 Å². The van der Waals surface area contributed by atoms with E-state index in [-0.39, 0.29) is 0 Å². The van der Waals surface area contributed by atoms with Crippen LogP contribution in [0.1, 0.15) is 52.2 Å². The molecule has 0 radical (unpaired) electrons. The molecule has 0 aliphatic carbocycles. The van der Waals surface area contributed by atoms with E-state index >= 15 is 0 Å². The Morgan fingerprint density at radius 1 is 1.24 bits per heavy atom. The maximum Gasteiger partial charge on any atom is 0.103 e. The first-order valence-electron chi connectivity index (χ1n) is 8.80. The molecule has 0 spiro atoms. The van der Waals surface area contributed by atoms with Crippen molar-refractivity contribution in [3.63, 3.8) is 0 Å². The number of hydrogen-bond acceptors (Lipinski definition) is 2. The van der Waals surface area contributed by atoms with Crippen molar-refractivity contribution in [2.45, 2.75) is 54.4 Å². The average molecular weight is 338 g/mol. The van der Waals surface area contributed by atoms with Crippen molar-refractivity contribution < 1.29 is 0 Å². The van der Waals surface area contributed by atoms with Gasteiger partial charge in [0.1, 0.15) is 5.84 Å². The molecule has 0 atom stereocenters. The van der Waals surface area contributed by atoms with Crippen LogP contribution in [0.3, 0.4) is 0 Å². The van der Waals surface area contributed by atoms with Crippen LogP contribution >= 0.6 is 0 Å². The molecule has 134 valence electrons. The third kappa shape index (κ3) is 6.92. The lowest BCUT2D eigenvalue weighted by Gasteiger charge is -2.12. The van der Waals surface area contributed by atoms with E-state index in [4.69, 9.17) is 4.99 Å². The number of amidine groups is 1. The van der Waals surface area contributed by atoms with Gasteiger partial charge in [0, 0.05) is 11.9 Å². The summed E-state index contributed by atoms with van der Waals surface area (Å²) in [5, 5.41) is 3.41. The largest absolute Gasteiger partial charge is 0.344 e. The van der Waals surface area contributed by atoms with Crippen molar-refractivity contribution in [3.8, 4) is 0 Å². The summed E-state index contributed by atoms with van der Waals surface area (Å²) in [5.74, 6) is 0.876. The fourth-order valence-corrected chi connectivity index (χ4v) is 2.62. The summed E-state index contributed by atoms with van der Waals surface area (Å²) >= 11 is 0. The summed E-state index contributed by atoms with van der Waals surface area (Å²) in [6.07, 6.45) is 8.11. The molecule has 3 nitrogen and oxygen atoms in total. The van der Waals surface area contributed by atoms with Crippen LogP contribution in [-0.4, -0.2) is 12.6 Å². The normalized spacial score (nSPS) is 13.8. The van der Waals surface area contributed by atoms with Crippen molar-refractivity contribution >= 4 is 18.2 Å². The highest BCUT2D eigenvalue weighted by Gasteiger charge is 2.03. The van der Waals surface area contributed by atoms with Crippen molar-refractivity contribution in [2.75, 3.05) is 0 Å². The van der Waals surface area contributed by atoms with Crippen molar-refractivity contribution in [3.05, 3.63) is 64.5 Å². The maximum atomic E-state index is 4.78. The van der Waals surface area contributed by atoms with Gasteiger partial charge in [-0.05, 0) is 76.1 Å². The van der Waals surface area contributed by atoms with E-state index in [1.165, 1.54) is 11.1 Å². The van der Waals surface area contributed by atoms with Gasteiger partial charge in [0.25, 0.3) is 0 Å². The second-order valence-corrected chi connectivity index (χ2v) is 6.28. The number of allylic oxidation sites excluding steroid dienone is 4. The molecule has 3 heteroatoms. The molecule has 1 rings (SSSR count). The first-order valence-corrected chi connectivity index (χ1v) is 8.80. The molecule has 0 unspecified atom stereocenters. The Labute approximate surface area is 153 Å². The molecule has 0 heterocycles. The van der Waals surface area contributed by atoms with E-state index in [1.54, 1.807) is 6.20 Å². The van der Waals surface area contributed by atoms with Crippen LogP contribution in [0, 0.1) is 6.92 Å². The van der Waals surface area contributed by atoms with Gasteiger partial charge in [-0.1, -0.05) is 37.6 Å². The molecule has 0 aromatic heterocycles. The third-order valence-corrected chi connectivity index (χ3v) is 3.87. The van der Waals surface area contributed by atoms with Crippen molar-refractivity contribution in [1.29, 1.82) is 0 Å². The zero-order valence-electron chi connectivity index (χ0n) is 16.5. The van der Waals surface area contributed by atoms with Gasteiger partial charge < -0.3 is 5.32 Å². The standard InChI is InChI=1S/C22H31N3/c1-8-10-20-12-11-17(4)22(14-20)25-19(6)24-21(9-2)18(5)13-16(3)15-23-7/h9,11-15H,7-8,10H2,1-6H3,(H,24,25)/b16-15-,18-13+,21-9+. The molecule has 0 bridgehead atoms. The van der Waals surface area contributed by atoms with Crippen LogP contribution < -0.4 is 5.32 Å². The Morgan fingerprint density at radius 3 is 2.56 bits per heavy atom. The topological polar surface area (TPSA) is 36.8 Å². The van der Waals surface area contributed by atoms with Gasteiger partial charge in [-0.3, -0.25) is 4.99 Å². The number of hydrogen-bond donors (Lipinski definition) is 1. The fourth-order valence-electron chi connectivity index (χ4n) is 2.62. The Kier molecular flexibility index (Phi) is 8.62. The summed E-state index contributed by atoms with van der Waals surface area (Å²) < 4.78 is 0. The number of aryl methyl sites for hydroxylation is 2. The maximum absolute atomic E-state index is 4.78. The van der Waals surface area contributed by atoms with Gasteiger partial charge in [-0.2, -0.15) is 0 Å². The van der Waals surface area contributed by atoms with E-state index < -0.39 is 0 Å². The highest BCUT2D eigenvalue weighted by atomic mass is 15.0. The minimum Gasteiger partial charge on any atom is -0.344 e. The number of nitrogens with zero attached hydrogens (tertiary/aromatic N) is 2. The Bertz CT molecular complexity index is 719. The number of aliphatic imine (C=N–C) groups is 2. The summed E-state index contributed by atoms with van der Waals surface area (Å²) in [5.41, 5.74) is 6.78. The molecule has 0 fully saturated rings. The second kappa shape index (κ2) is 10.4. The van der Waals surface area contributed by atoms with Gasteiger partial charge in [0.15, 0.2) is 0 Å². The van der Waals surface area contributed by atoms with Gasteiger partial charge in [-0.15, -0.1) is 0 Å². The minimum absolute atomic E-state index is 0.876. The zero-order chi connectivity index (χ0) is 18.8. The lowest BCUT2D eigenvalue weighted by molar-refractivity contribution is 0.921. The molecule has 1 aromatic rings. The van der Waals surface area contributed by atoms with Crippen LogP contribution in [0.2, 0.25) is 0 Å². The van der Waals surface area contributed by atoms with E-state index in [0.29, 0.717) is 0 Å². The molecule has 0 aliphatic heterocycles. The van der Waals surface area contributed by atoms with Crippen LogP contribution in [0.15, 0.2) is 63.4 Å². The lowest BCUT2D eigenvalue weighted by Crippen LogP contribution is -2.20. The number of rotatable bonds is 7. The van der Waals surface area contributed by atoms with Crippen molar-refractivity contribution in [1.82, 2.24) is 5.32 Å². The molecular formula is C22H31N3. The molecular weight excluding hydrogens is 306 g/mol. The predicted molar refractivity (Wildman–Crippen MR) is 112 cm³/mol. The average Bonchev–Trinajstić information content (AvgIpc) is 2.56. The van der Waals surface area contributed by atoms with Crippen LogP contribution in [-0.2, 0) is 6.42 Å². The van der Waals surface area contributed by atoms with E-state index in [2.05, 4.69) is 68.1 Å². The Morgan fingerprint density at radius 2 is 1.96 bits per heavy atom. The van der Waals surface area contributed by atoms with Crippen LogP contribution in [0.25, 0.3) is 0 Å². The molecule has 25 heavy (non-hydrogen) atoms. The van der Waals surface area contributed by atoms with E-state index in [0.717, 1.165) is 41.2 Å². The van der Waals surface area contributed by atoms with Gasteiger partial charge in [-0.25, -0.2) is 4.99 Å². The fraction of sp³-hybridized carbons (Fsp3) is 0.364. The Hall–Kier alpha value is -2.42. The molecule has 0 aliphatic rings. The predicted octanol–water partition coefficient (Wildman–Crippen LogP) is 6.04. The third-order valence-electron chi connectivity index (χ3n) is 3.87.